The molecule has 3 rings (SSSR count). The summed E-state index contributed by atoms with van der Waals surface area (Å²) in [6, 6.07) is 8.35. The maximum Gasteiger partial charge on any atom is 0.133 e. The van der Waals surface area contributed by atoms with Gasteiger partial charge in [-0.1, -0.05) is 25.1 Å². The van der Waals surface area contributed by atoms with Crippen LogP contribution in [0, 0.1) is 5.41 Å². The topological polar surface area (TPSA) is 26.3 Å². The van der Waals surface area contributed by atoms with E-state index < -0.39 is 0 Å². The van der Waals surface area contributed by atoms with E-state index >= 15 is 0 Å². The molecule has 0 N–H and O–H groups in total. The number of Topliss-reactive ketones (excluding diaryl/α,β-unsaturated/α-hetero) is 1. The highest BCUT2D eigenvalue weighted by Gasteiger charge is 2.37. The van der Waals surface area contributed by atoms with E-state index in [9.17, 15) is 4.79 Å². The molecule has 2 nitrogen and oxygen atoms in total. The van der Waals surface area contributed by atoms with E-state index in [1.807, 2.05) is 6.07 Å². The summed E-state index contributed by atoms with van der Waals surface area (Å²) in [5.41, 5.74) is 1.55. The zero-order valence-corrected chi connectivity index (χ0v) is 10.9. The molecule has 0 radical (unpaired) electrons. The van der Waals surface area contributed by atoms with Crippen molar-refractivity contribution in [1.82, 2.24) is 0 Å². The number of fused-ring (bicyclic) bond motifs is 1. The fourth-order valence-electron chi connectivity index (χ4n) is 3.49. The maximum atomic E-state index is 11.5. The zero-order valence-electron chi connectivity index (χ0n) is 10.9. The van der Waals surface area contributed by atoms with Crippen molar-refractivity contribution in [2.75, 3.05) is 6.61 Å². The minimum atomic E-state index is 0.214. The second-order valence-corrected chi connectivity index (χ2v) is 6.10. The van der Waals surface area contributed by atoms with Gasteiger partial charge in [0, 0.05) is 12.8 Å². The van der Waals surface area contributed by atoms with E-state index in [2.05, 4.69) is 25.1 Å². The fourth-order valence-corrected chi connectivity index (χ4v) is 3.49. The summed E-state index contributed by atoms with van der Waals surface area (Å²) in [6.07, 6.45) is 4.82. The number of rotatable bonds is 2. The standard InChI is InChI=1S/C16H20O2/c1-16(8-6-13(17)11-16)10-12-7-9-18-15-5-3-2-4-14(12)15/h2-5,12H,6-11H2,1H3. The fraction of sp³-hybridized carbons (Fsp3) is 0.562. The highest BCUT2D eigenvalue weighted by Crippen LogP contribution is 2.46. The molecule has 0 bridgehead atoms. The van der Waals surface area contributed by atoms with Gasteiger partial charge in [0.15, 0.2) is 0 Å². The minimum absolute atomic E-state index is 0.214. The molecule has 1 saturated carbocycles. The van der Waals surface area contributed by atoms with Crippen molar-refractivity contribution >= 4 is 5.78 Å². The molecule has 1 heterocycles. The Morgan fingerprint density at radius 2 is 2.22 bits per heavy atom. The van der Waals surface area contributed by atoms with Crippen LogP contribution >= 0.6 is 0 Å². The second-order valence-electron chi connectivity index (χ2n) is 6.10. The Hall–Kier alpha value is -1.31. The van der Waals surface area contributed by atoms with Gasteiger partial charge in [0.1, 0.15) is 11.5 Å². The Kier molecular flexibility index (Phi) is 2.89. The minimum Gasteiger partial charge on any atom is -0.493 e. The molecule has 2 heteroatoms. The Morgan fingerprint density at radius 3 is 3.00 bits per heavy atom. The molecule has 0 saturated heterocycles. The quantitative estimate of drug-likeness (QED) is 0.793. The molecule has 1 fully saturated rings. The Labute approximate surface area is 108 Å². The van der Waals surface area contributed by atoms with Crippen LogP contribution in [0.1, 0.15) is 50.5 Å². The summed E-state index contributed by atoms with van der Waals surface area (Å²) >= 11 is 0. The molecule has 1 aromatic carbocycles. The molecule has 0 amide bonds. The lowest BCUT2D eigenvalue weighted by Gasteiger charge is -2.32. The lowest BCUT2D eigenvalue weighted by Crippen LogP contribution is -2.21. The summed E-state index contributed by atoms with van der Waals surface area (Å²) in [4.78, 5) is 11.5. The number of carbonyl (C=O) groups excluding carboxylic acids is 1. The third-order valence-electron chi connectivity index (χ3n) is 4.45. The van der Waals surface area contributed by atoms with E-state index in [1.54, 1.807) is 0 Å². The summed E-state index contributed by atoms with van der Waals surface area (Å²) in [5.74, 6) is 2.05. The van der Waals surface area contributed by atoms with Crippen molar-refractivity contribution in [3.63, 3.8) is 0 Å². The highest BCUT2D eigenvalue weighted by atomic mass is 16.5. The number of para-hydroxylation sites is 1. The van der Waals surface area contributed by atoms with Crippen molar-refractivity contribution in [3.8, 4) is 5.75 Å². The normalized spacial score (nSPS) is 30.9. The predicted molar refractivity (Wildman–Crippen MR) is 70.9 cm³/mol. The van der Waals surface area contributed by atoms with E-state index in [1.165, 1.54) is 5.56 Å². The van der Waals surface area contributed by atoms with Gasteiger partial charge in [-0.3, -0.25) is 4.79 Å². The van der Waals surface area contributed by atoms with Gasteiger partial charge in [0.05, 0.1) is 6.61 Å². The van der Waals surface area contributed by atoms with Crippen LogP contribution in [0.3, 0.4) is 0 Å². The molecule has 2 aliphatic rings. The molecule has 0 spiro atoms. The number of ether oxygens (including phenoxy) is 1. The highest BCUT2D eigenvalue weighted by molar-refractivity contribution is 5.81. The average molecular weight is 244 g/mol. The first-order valence-corrected chi connectivity index (χ1v) is 6.90. The van der Waals surface area contributed by atoms with E-state index in [-0.39, 0.29) is 5.41 Å². The van der Waals surface area contributed by atoms with Crippen molar-refractivity contribution in [2.24, 2.45) is 5.41 Å². The summed E-state index contributed by atoms with van der Waals surface area (Å²) in [7, 11) is 0. The number of hydrogen-bond donors (Lipinski definition) is 0. The zero-order chi connectivity index (χ0) is 12.6. The molecule has 1 aromatic rings. The number of ketones is 1. The monoisotopic (exact) mass is 244 g/mol. The maximum absolute atomic E-state index is 11.5. The molecule has 18 heavy (non-hydrogen) atoms. The van der Waals surface area contributed by atoms with Crippen LogP contribution in [0.5, 0.6) is 5.75 Å². The molecule has 2 atom stereocenters. The molecule has 96 valence electrons. The van der Waals surface area contributed by atoms with Gasteiger partial charge >= 0.3 is 0 Å². The first kappa shape index (κ1) is 11.8. The van der Waals surface area contributed by atoms with Crippen LogP contribution in [-0.4, -0.2) is 12.4 Å². The third kappa shape index (κ3) is 2.16. The summed E-state index contributed by atoms with van der Waals surface area (Å²) in [5, 5.41) is 0. The SMILES string of the molecule is CC1(CC2CCOc3ccccc32)CCC(=O)C1. The lowest BCUT2D eigenvalue weighted by molar-refractivity contribution is -0.118. The van der Waals surface area contributed by atoms with Crippen molar-refractivity contribution < 1.29 is 9.53 Å². The van der Waals surface area contributed by atoms with Crippen molar-refractivity contribution in [3.05, 3.63) is 29.8 Å². The largest absolute Gasteiger partial charge is 0.493 e. The van der Waals surface area contributed by atoms with Gasteiger partial charge in [-0.05, 0) is 42.2 Å². The first-order chi connectivity index (χ1) is 8.66. The first-order valence-electron chi connectivity index (χ1n) is 6.90. The smallest absolute Gasteiger partial charge is 0.133 e. The molecular formula is C16H20O2. The van der Waals surface area contributed by atoms with Crippen LogP contribution in [0.2, 0.25) is 0 Å². The second kappa shape index (κ2) is 4.42. The molecule has 2 unspecified atom stereocenters. The Morgan fingerprint density at radius 1 is 1.39 bits per heavy atom. The number of benzene rings is 1. The van der Waals surface area contributed by atoms with Gasteiger partial charge in [0.2, 0.25) is 0 Å². The van der Waals surface area contributed by atoms with Crippen LogP contribution in [0.15, 0.2) is 24.3 Å². The van der Waals surface area contributed by atoms with Crippen LogP contribution in [0.4, 0.5) is 0 Å². The van der Waals surface area contributed by atoms with Crippen LogP contribution in [-0.2, 0) is 4.79 Å². The lowest BCUT2D eigenvalue weighted by atomic mass is 9.75. The van der Waals surface area contributed by atoms with Crippen LogP contribution < -0.4 is 4.74 Å². The number of hydrogen-bond acceptors (Lipinski definition) is 2. The van der Waals surface area contributed by atoms with E-state index in [4.69, 9.17) is 4.74 Å². The Bertz CT molecular complexity index is 466. The predicted octanol–water partition coefficient (Wildman–Crippen LogP) is 3.70. The Balaban J connectivity index is 1.80. The van der Waals surface area contributed by atoms with Gasteiger partial charge < -0.3 is 4.74 Å². The van der Waals surface area contributed by atoms with Gasteiger partial charge in [0.25, 0.3) is 0 Å². The molecule has 1 aliphatic carbocycles. The summed E-state index contributed by atoms with van der Waals surface area (Å²) in [6.45, 7) is 3.09. The molecule has 1 aliphatic heterocycles. The van der Waals surface area contributed by atoms with Gasteiger partial charge in [-0.25, -0.2) is 0 Å². The third-order valence-corrected chi connectivity index (χ3v) is 4.45. The van der Waals surface area contributed by atoms with E-state index in [0.29, 0.717) is 11.7 Å². The number of carbonyl (C=O) groups is 1. The van der Waals surface area contributed by atoms with Crippen molar-refractivity contribution in [1.29, 1.82) is 0 Å². The van der Waals surface area contributed by atoms with Gasteiger partial charge in [-0.2, -0.15) is 0 Å². The van der Waals surface area contributed by atoms with E-state index in [0.717, 1.165) is 44.5 Å². The van der Waals surface area contributed by atoms with Crippen molar-refractivity contribution in [2.45, 2.75) is 44.9 Å². The molecular weight excluding hydrogens is 224 g/mol. The average Bonchev–Trinajstić information content (AvgIpc) is 2.70. The molecule has 0 aromatic heterocycles. The van der Waals surface area contributed by atoms with Crippen LogP contribution in [0.25, 0.3) is 0 Å². The van der Waals surface area contributed by atoms with Gasteiger partial charge in [-0.15, -0.1) is 0 Å². The summed E-state index contributed by atoms with van der Waals surface area (Å²) < 4.78 is 5.71.